The summed E-state index contributed by atoms with van der Waals surface area (Å²) in [5.41, 5.74) is 4.64. The number of aromatic nitrogens is 5. The summed E-state index contributed by atoms with van der Waals surface area (Å²) in [6.45, 7) is 7.02. The van der Waals surface area contributed by atoms with E-state index in [9.17, 15) is 24.3 Å². The van der Waals surface area contributed by atoms with Crippen molar-refractivity contribution in [3.8, 4) is 11.1 Å². The fraction of sp³-hybridized carbons (Fsp3) is 0.487. The van der Waals surface area contributed by atoms with Gasteiger partial charge in [-0.25, -0.2) is 9.97 Å². The Bertz CT molecular complexity index is 2000. The molecule has 11 nitrogen and oxygen atoms in total. The van der Waals surface area contributed by atoms with Crippen LogP contribution >= 0.6 is 0 Å². The van der Waals surface area contributed by atoms with E-state index in [2.05, 4.69) is 15.0 Å². The predicted octanol–water partition coefficient (Wildman–Crippen LogP) is 4.95. The van der Waals surface area contributed by atoms with Crippen LogP contribution in [-0.2, 0) is 33.8 Å². The standard InChI is InChI=1S/C39H44N6O5/c1-22-8-9-26-14-27(28-19-40-25(4)41-20-28)15-31-37(24(3)46)43-44(38(26)31)21-36(50)45-32(34(49)16-29-7-5-6-23(2)42-29)17-39(18-35(39)45)13-12-30(47)10-11-33(22)48/h5-7,14-15,19-20,22,32-33,35,48H,8-13,16-18,21H2,1-4H3/t22?,32-,33?,35+,39-/m0/s1. The van der Waals surface area contributed by atoms with Gasteiger partial charge in [-0.15, -0.1) is 0 Å². The number of aryl methyl sites for hydroxylation is 3. The van der Waals surface area contributed by atoms with Gasteiger partial charge in [0.25, 0.3) is 0 Å². The van der Waals surface area contributed by atoms with Crippen molar-refractivity contribution in [1.82, 2.24) is 29.6 Å². The lowest BCUT2D eigenvalue weighted by Gasteiger charge is -2.27. The van der Waals surface area contributed by atoms with Gasteiger partial charge in [0, 0.05) is 60.5 Å². The van der Waals surface area contributed by atoms with Crippen molar-refractivity contribution in [3.05, 3.63) is 71.2 Å². The maximum absolute atomic E-state index is 14.5. The Labute approximate surface area is 291 Å². The summed E-state index contributed by atoms with van der Waals surface area (Å²) in [6, 6.07) is 8.75. The van der Waals surface area contributed by atoms with E-state index < -0.39 is 12.1 Å². The third-order valence-corrected chi connectivity index (χ3v) is 11.2. The molecule has 1 amide bonds. The molecule has 260 valence electrons. The summed E-state index contributed by atoms with van der Waals surface area (Å²) in [4.78, 5) is 69.6. The second-order valence-corrected chi connectivity index (χ2v) is 14.8. The first-order chi connectivity index (χ1) is 23.9. The van der Waals surface area contributed by atoms with Gasteiger partial charge in [-0.1, -0.05) is 13.0 Å². The first-order valence-electron chi connectivity index (χ1n) is 17.7. The minimum absolute atomic E-state index is 0.0683. The second-order valence-electron chi connectivity index (χ2n) is 14.8. The van der Waals surface area contributed by atoms with Crippen molar-refractivity contribution in [2.75, 3.05) is 0 Å². The minimum atomic E-state index is -0.649. The van der Waals surface area contributed by atoms with Gasteiger partial charge in [-0.2, -0.15) is 5.10 Å². The van der Waals surface area contributed by atoms with Gasteiger partial charge in [0.05, 0.1) is 24.1 Å². The molecule has 1 aromatic carbocycles. The van der Waals surface area contributed by atoms with E-state index >= 15 is 0 Å². The lowest BCUT2D eigenvalue weighted by atomic mass is 9.88. The third kappa shape index (κ3) is 6.51. The molecular formula is C39H44N6O5. The lowest BCUT2D eigenvalue weighted by molar-refractivity contribution is -0.139. The molecule has 2 fully saturated rings. The maximum Gasteiger partial charge on any atom is 0.245 e. The van der Waals surface area contributed by atoms with Gasteiger partial charge in [0.2, 0.25) is 5.91 Å². The fourth-order valence-corrected chi connectivity index (χ4v) is 8.19. The quantitative estimate of drug-likeness (QED) is 0.290. The Morgan fingerprint density at radius 1 is 1.00 bits per heavy atom. The first-order valence-corrected chi connectivity index (χ1v) is 17.7. The fourth-order valence-electron chi connectivity index (χ4n) is 8.19. The highest BCUT2D eigenvalue weighted by atomic mass is 16.3. The Morgan fingerprint density at radius 3 is 2.52 bits per heavy atom. The molecular weight excluding hydrogens is 632 g/mol. The van der Waals surface area contributed by atoms with Gasteiger partial charge in [0.1, 0.15) is 23.8 Å². The number of hydrogen-bond donors (Lipinski definition) is 1. The van der Waals surface area contributed by atoms with Crippen LogP contribution in [0.25, 0.3) is 22.0 Å². The number of carbonyl (C=O) groups is 4. The van der Waals surface area contributed by atoms with Crippen molar-refractivity contribution in [3.63, 3.8) is 0 Å². The number of rotatable bonds is 5. The number of pyridine rings is 1. The molecule has 3 aromatic heterocycles. The van der Waals surface area contributed by atoms with E-state index in [0.29, 0.717) is 60.9 Å². The van der Waals surface area contributed by atoms with E-state index in [4.69, 9.17) is 5.10 Å². The molecule has 5 heterocycles. The Morgan fingerprint density at radius 2 is 1.78 bits per heavy atom. The number of piperidine rings is 1. The zero-order valence-corrected chi connectivity index (χ0v) is 29.2. The van der Waals surface area contributed by atoms with Crippen molar-refractivity contribution < 1.29 is 24.3 Å². The zero-order valence-electron chi connectivity index (χ0n) is 29.2. The van der Waals surface area contributed by atoms with E-state index in [-0.39, 0.29) is 65.7 Å². The van der Waals surface area contributed by atoms with Crippen LogP contribution in [0.2, 0.25) is 0 Å². The lowest BCUT2D eigenvalue weighted by Crippen LogP contribution is -2.45. The SMILES string of the molecule is CC(=O)c1nn2c3c(cc(-c4cnc(C)nc4)cc13)CCC(C)C(O)CCC(=O)CC[C@@]13C[C@@H](C(=O)Cc4cccc(C)n4)N(C(=O)C2)[C@@H]1C3. The van der Waals surface area contributed by atoms with Crippen LogP contribution in [0.5, 0.6) is 0 Å². The number of aliphatic hydroxyl groups is 1. The van der Waals surface area contributed by atoms with Crippen LogP contribution in [0.1, 0.15) is 92.1 Å². The largest absolute Gasteiger partial charge is 0.393 e. The van der Waals surface area contributed by atoms with Gasteiger partial charge < -0.3 is 10.0 Å². The van der Waals surface area contributed by atoms with Crippen LogP contribution in [0.3, 0.4) is 0 Å². The number of aliphatic hydroxyl groups excluding tert-OH is 1. The molecule has 50 heavy (non-hydrogen) atoms. The molecule has 11 heteroatoms. The third-order valence-electron chi connectivity index (χ3n) is 11.2. The number of hydrogen-bond acceptors (Lipinski definition) is 9. The van der Waals surface area contributed by atoms with E-state index in [1.165, 1.54) is 6.92 Å². The second kappa shape index (κ2) is 13.2. The van der Waals surface area contributed by atoms with Crippen LogP contribution < -0.4 is 0 Å². The summed E-state index contributed by atoms with van der Waals surface area (Å²) in [6.07, 6.45) is 7.01. The molecule has 4 aromatic rings. The average molecular weight is 677 g/mol. The van der Waals surface area contributed by atoms with Gasteiger partial charge in [0.15, 0.2) is 11.6 Å². The average Bonchev–Trinajstić information content (AvgIpc) is 3.50. The number of amides is 1. The van der Waals surface area contributed by atoms with Gasteiger partial charge in [-0.05, 0) is 99.1 Å². The Balaban J connectivity index is 1.31. The van der Waals surface area contributed by atoms with Gasteiger partial charge >= 0.3 is 0 Å². The number of benzene rings is 1. The van der Waals surface area contributed by atoms with Crippen LogP contribution in [0.4, 0.5) is 0 Å². The smallest absolute Gasteiger partial charge is 0.245 e. The number of ketones is 3. The summed E-state index contributed by atoms with van der Waals surface area (Å²) >= 11 is 0. The molecule has 2 bridgehead atoms. The maximum atomic E-state index is 14.5. The summed E-state index contributed by atoms with van der Waals surface area (Å²) in [5.74, 6) is 0.134. The number of nitrogens with zero attached hydrogens (tertiary/aromatic N) is 6. The molecule has 0 spiro atoms. The summed E-state index contributed by atoms with van der Waals surface area (Å²) in [7, 11) is 0. The molecule has 2 aliphatic heterocycles. The van der Waals surface area contributed by atoms with Crippen molar-refractivity contribution >= 4 is 34.2 Å². The predicted molar refractivity (Wildman–Crippen MR) is 186 cm³/mol. The molecule has 7 rings (SSSR count). The molecule has 1 N–H and O–H groups in total. The van der Waals surface area contributed by atoms with Crippen LogP contribution in [0.15, 0.2) is 42.7 Å². The van der Waals surface area contributed by atoms with E-state index in [0.717, 1.165) is 28.8 Å². The molecule has 2 unspecified atom stereocenters. The van der Waals surface area contributed by atoms with Crippen LogP contribution in [-0.4, -0.2) is 76.2 Å². The molecule has 1 saturated carbocycles. The molecule has 1 saturated heterocycles. The highest BCUT2D eigenvalue weighted by Crippen LogP contribution is 2.62. The zero-order chi connectivity index (χ0) is 35.3. The highest BCUT2D eigenvalue weighted by Gasteiger charge is 2.66. The monoisotopic (exact) mass is 676 g/mol. The van der Waals surface area contributed by atoms with Gasteiger partial charge in [-0.3, -0.25) is 28.8 Å². The van der Waals surface area contributed by atoms with Crippen molar-refractivity contribution in [2.24, 2.45) is 11.3 Å². The van der Waals surface area contributed by atoms with E-state index in [1.807, 2.05) is 51.1 Å². The number of carbonyl (C=O) groups excluding carboxylic acids is 4. The first kappa shape index (κ1) is 33.8. The Kier molecular flexibility index (Phi) is 8.96. The summed E-state index contributed by atoms with van der Waals surface area (Å²) in [5, 5.41) is 16.5. The highest BCUT2D eigenvalue weighted by molar-refractivity contribution is 6.07. The minimum Gasteiger partial charge on any atom is -0.393 e. The molecule has 0 radical (unpaired) electrons. The number of Topliss-reactive ketones (excluding diaryl/α,β-unsaturated/α-hetero) is 3. The van der Waals surface area contributed by atoms with Crippen molar-refractivity contribution in [1.29, 1.82) is 0 Å². The van der Waals surface area contributed by atoms with Crippen LogP contribution in [0, 0.1) is 25.2 Å². The molecule has 5 atom stereocenters. The molecule has 3 aliphatic rings. The van der Waals surface area contributed by atoms with Crippen molar-refractivity contribution in [2.45, 2.75) is 110 Å². The normalized spacial score (nSPS) is 25.7. The molecule has 1 aliphatic carbocycles. The van der Waals surface area contributed by atoms with E-state index in [1.54, 1.807) is 22.0 Å². The topological polar surface area (TPSA) is 148 Å². The Hall–Kier alpha value is -4.64. The summed E-state index contributed by atoms with van der Waals surface area (Å²) < 4.78 is 1.63.